The van der Waals surface area contributed by atoms with E-state index in [2.05, 4.69) is 11.2 Å². The number of halogens is 3. The predicted molar refractivity (Wildman–Crippen MR) is 63.1 cm³/mol. The lowest BCUT2D eigenvalue weighted by Crippen LogP contribution is -2.21. The first-order valence-corrected chi connectivity index (χ1v) is 5.44. The van der Waals surface area contributed by atoms with Gasteiger partial charge in [0.25, 0.3) is 0 Å². The Morgan fingerprint density at radius 1 is 1.28 bits per heavy atom. The zero-order chi connectivity index (χ0) is 13.4. The number of hydrogen-bond acceptors (Lipinski definition) is 2. The third kappa shape index (κ3) is 5.60. The number of terminal acetylenes is 1. The van der Waals surface area contributed by atoms with Gasteiger partial charge >= 0.3 is 6.18 Å². The molecule has 0 bridgehead atoms. The topological polar surface area (TPSA) is 21.3 Å². The van der Waals surface area contributed by atoms with Gasteiger partial charge in [0.1, 0.15) is 12.4 Å². The predicted octanol–water partition coefficient (Wildman–Crippen LogP) is 2.74. The van der Waals surface area contributed by atoms with Gasteiger partial charge in [0.15, 0.2) is 0 Å². The van der Waals surface area contributed by atoms with Crippen LogP contribution in [-0.2, 0) is 6.54 Å². The maximum Gasteiger partial charge on any atom is 0.390 e. The second-order valence-electron chi connectivity index (χ2n) is 3.64. The van der Waals surface area contributed by atoms with E-state index >= 15 is 0 Å². The fourth-order valence-corrected chi connectivity index (χ4v) is 1.36. The first-order chi connectivity index (χ1) is 8.53. The van der Waals surface area contributed by atoms with Crippen molar-refractivity contribution < 1.29 is 17.9 Å². The van der Waals surface area contributed by atoms with Gasteiger partial charge in [0.05, 0.1) is 6.42 Å². The molecule has 1 aromatic rings. The average molecular weight is 257 g/mol. The molecule has 98 valence electrons. The molecule has 0 amide bonds. The van der Waals surface area contributed by atoms with Crippen molar-refractivity contribution in [2.24, 2.45) is 0 Å². The molecule has 0 radical (unpaired) electrons. The van der Waals surface area contributed by atoms with Gasteiger partial charge in [-0.3, -0.25) is 0 Å². The van der Waals surface area contributed by atoms with E-state index in [1.807, 2.05) is 0 Å². The second-order valence-corrected chi connectivity index (χ2v) is 3.64. The Morgan fingerprint density at radius 2 is 2.00 bits per heavy atom. The fraction of sp³-hybridized carbons (Fsp3) is 0.385. The Balaban J connectivity index is 2.44. The third-order valence-corrected chi connectivity index (χ3v) is 2.18. The highest BCUT2D eigenvalue weighted by Gasteiger charge is 2.25. The van der Waals surface area contributed by atoms with E-state index in [1.165, 1.54) is 0 Å². The molecule has 0 saturated carbocycles. The maximum atomic E-state index is 11.9. The van der Waals surface area contributed by atoms with Crippen molar-refractivity contribution in [2.45, 2.75) is 19.1 Å². The van der Waals surface area contributed by atoms with Crippen LogP contribution in [0, 0.1) is 12.3 Å². The summed E-state index contributed by atoms with van der Waals surface area (Å²) in [7, 11) is 0. The summed E-state index contributed by atoms with van der Waals surface area (Å²) in [6.07, 6.45) is 0.101. The first-order valence-electron chi connectivity index (χ1n) is 5.44. The molecule has 0 spiro atoms. The Hall–Kier alpha value is -1.67. The molecular weight excluding hydrogens is 243 g/mol. The van der Waals surface area contributed by atoms with E-state index < -0.39 is 12.6 Å². The number of alkyl halides is 3. The molecule has 0 aliphatic rings. The molecule has 5 heteroatoms. The van der Waals surface area contributed by atoms with Crippen LogP contribution in [0.15, 0.2) is 24.3 Å². The van der Waals surface area contributed by atoms with Crippen LogP contribution in [0.25, 0.3) is 0 Å². The van der Waals surface area contributed by atoms with Crippen molar-refractivity contribution in [1.29, 1.82) is 0 Å². The molecule has 0 aromatic heterocycles. The number of rotatable bonds is 6. The highest BCUT2D eigenvalue weighted by Crippen LogP contribution is 2.19. The summed E-state index contributed by atoms with van der Waals surface area (Å²) in [5.74, 6) is 2.93. The van der Waals surface area contributed by atoms with E-state index in [4.69, 9.17) is 11.2 Å². The molecule has 1 N–H and O–H groups in total. The monoisotopic (exact) mass is 257 g/mol. The smallest absolute Gasteiger partial charge is 0.390 e. The average Bonchev–Trinajstić information content (AvgIpc) is 2.32. The van der Waals surface area contributed by atoms with Crippen LogP contribution in [0.2, 0.25) is 0 Å². The van der Waals surface area contributed by atoms with Gasteiger partial charge in [-0.05, 0) is 6.07 Å². The number of para-hydroxylation sites is 1. The summed E-state index contributed by atoms with van der Waals surface area (Å²) in [4.78, 5) is 0. The van der Waals surface area contributed by atoms with Gasteiger partial charge in [0, 0.05) is 18.7 Å². The van der Waals surface area contributed by atoms with Crippen LogP contribution in [-0.4, -0.2) is 19.3 Å². The van der Waals surface area contributed by atoms with Crippen molar-refractivity contribution in [2.75, 3.05) is 13.2 Å². The Kier molecular flexibility index (Phi) is 5.53. The van der Waals surface area contributed by atoms with E-state index in [0.717, 1.165) is 5.56 Å². The summed E-state index contributed by atoms with van der Waals surface area (Å²) in [6.45, 7) is 0.337. The van der Waals surface area contributed by atoms with E-state index in [9.17, 15) is 13.2 Å². The van der Waals surface area contributed by atoms with Crippen LogP contribution in [0.5, 0.6) is 5.75 Å². The van der Waals surface area contributed by atoms with Gasteiger partial charge in [-0.2, -0.15) is 13.2 Å². The summed E-state index contributed by atoms with van der Waals surface area (Å²) < 4.78 is 41.1. The molecule has 0 saturated heterocycles. The van der Waals surface area contributed by atoms with Gasteiger partial charge in [0.2, 0.25) is 0 Å². The van der Waals surface area contributed by atoms with Crippen molar-refractivity contribution in [3.05, 3.63) is 29.8 Å². The highest BCUT2D eigenvalue weighted by atomic mass is 19.4. The van der Waals surface area contributed by atoms with E-state index in [-0.39, 0.29) is 13.2 Å². The van der Waals surface area contributed by atoms with Crippen molar-refractivity contribution >= 4 is 0 Å². The SMILES string of the molecule is C#CCOc1ccccc1CNCCC(F)(F)F. The first kappa shape index (κ1) is 14.4. The quantitative estimate of drug-likeness (QED) is 0.625. The highest BCUT2D eigenvalue weighted by molar-refractivity contribution is 5.33. The molecule has 0 heterocycles. The number of nitrogens with one attached hydrogen (secondary N) is 1. The zero-order valence-electron chi connectivity index (χ0n) is 9.76. The minimum Gasteiger partial charge on any atom is -0.481 e. The van der Waals surface area contributed by atoms with Crippen LogP contribution in [0.1, 0.15) is 12.0 Å². The zero-order valence-corrected chi connectivity index (χ0v) is 9.76. The lowest BCUT2D eigenvalue weighted by molar-refractivity contribution is -0.133. The summed E-state index contributed by atoms with van der Waals surface area (Å²) in [6, 6.07) is 7.10. The maximum absolute atomic E-state index is 11.9. The molecule has 0 aliphatic carbocycles. The van der Waals surface area contributed by atoms with Crippen LogP contribution >= 0.6 is 0 Å². The van der Waals surface area contributed by atoms with Gasteiger partial charge in [-0.1, -0.05) is 24.1 Å². The molecule has 0 fully saturated rings. The molecule has 18 heavy (non-hydrogen) atoms. The largest absolute Gasteiger partial charge is 0.481 e. The molecule has 0 aliphatic heterocycles. The van der Waals surface area contributed by atoms with Crippen molar-refractivity contribution in [3.63, 3.8) is 0 Å². The van der Waals surface area contributed by atoms with E-state index in [1.54, 1.807) is 24.3 Å². The lowest BCUT2D eigenvalue weighted by Gasteiger charge is -2.11. The Bertz CT molecular complexity index is 409. The van der Waals surface area contributed by atoms with Gasteiger partial charge in [-0.15, -0.1) is 6.42 Å². The second kappa shape index (κ2) is 6.92. The summed E-state index contributed by atoms with van der Waals surface area (Å²) in [5, 5.41) is 2.72. The number of hydrogen-bond donors (Lipinski definition) is 1. The van der Waals surface area contributed by atoms with Gasteiger partial charge in [-0.25, -0.2) is 0 Å². The third-order valence-electron chi connectivity index (χ3n) is 2.18. The van der Waals surface area contributed by atoms with Crippen molar-refractivity contribution in [3.8, 4) is 18.1 Å². The van der Waals surface area contributed by atoms with Crippen LogP contribution in [0.3, 0.4) is 0 Å². The van der Waals surface area contributed by atoms with E-state index in [0.29, 0.717) is 12.3 Å². The standard InChI is InChI=1S/C13H14F3NO/c1-2-9-18-12-6-4-3-5-11(12)10-17-8-7-13(14,15)16/h1,3-6,17H,7-10H2. The molecule has 0 atom stereocenters. The molecule has 1 rings (SSSR count). The number of ether oxygens (including phenoxy) is 1. The fourth-order valence-electron chi connectivity index (χ4n) is 1.36. The van der Waals surface area contributed by atoms with Crippen molar-refractivity contribution in [1.82, 2.24) is 5.32 Å². The molecule has 2 nitrogen and oxygen atoms in total. The Labute approximate surface area is 104 Å². The van der Waals surface area contributed by atoms with Gasteiger partial charge < -0.3 is 10.1 Å². The molecule has 1 aromatic carbocycles. The normalized spacial score (nSPS) is 11.0. The lowest BCUT2D eigenvalue weighted by atomic mass is 10.2. The molecule has 0 unspecified atom stereocenters. The Morgan fingerprint density at radius 3 is 2.67 bits per heavy atom. The minimum absolute atomic E-state index is 0.118. The van der Waals surface area contributed by atoms with Crippen LogP contribution in [0.4, 0.5) is 13.2 Å². The summed E-state index contributed by atoms with van der Waals surface area (Å²) in [5.41, 5.74) is 0.787. The van der Waals surface area contributed by atoms with Crippen LogP contribution < -0.4 is 10.1 Å². The summed E-state index contributed by atoms with van der Waals surface area (Å²) >= 11 is 0. The minimum atomic E-state index is -4.13. The molecular formula is C13H14F3NO. The number of benzene rings is 1.